The Labute approximate surface area is 153 Å². The Morgan fingerprint density at radius 1 is 1.12 bits per heavy atom. The van der Waals surface area contributed by atoms with Gasteiger partial charge in [0.1, 0.15) is 0 Å². The molecule has 1 saturated heterocycles. The lowest BCUT2D eigenvalue weighted by atomic mass is 9.99. The number of morpholine rings is 1. The van der Waals surface area contributed by atoms with Crippen molar-refractivity contribution in [3.63, 3.8) is 0 Å². The van der Waals surface area contributed by atoms with Gasteiger partial charge in [0, 0.05) is 31.0 Å². The van der Waals surface area contributed by atoms with Crippen LogP contribution in [0.5, 0.6) is 0 Å². The van der Waals surface area contributed by atoms with Gasteiger partial charge in [0.15, 0.2) is 6.10 Å². The number of benzene rings is 1. The molecule has 136 valence electrons. The van der Waals surface area contributed by atoms with E-state index < -0.39 is 6.10 Å². The third-order valence-corrected chi connectivity index (χ3v) is 5.04. The normalized spacial score (nSPS) is 20.0. The maximum Gasteiger partial charge on any atom is 0.253 e. The minimum Gasteiger partial charge on any atom is -0.365 e. The lowest BCUT2D eigenvalue weighted by Crippen LogP contribution is -2.52. The van der Waals surface area contributed by atoms with Crippen LogP contribution in [0, 0.1) is 13.8 Å². The molecule has 6 heteroatoms. The van der Waals surface area contributed by atoms with E-state index in [1.807, 2.05) is 30.9 Å². The fourth-order valence-electron chi connectivity index (χ4n) is 3.72. The van der Waals surface area contributed by atoms with Crippen molar-refractivity contribution in [2.45, 2.75) is 32.9 Å². The number of aryl methyl sites for hydroxylation is 2. The smallest absolute Gasteiger partial charge is 0.253 e. The minimum atomic E-state index is -0.460. The summed E-state index contributed by atoms with van der Waals surface area (Å²) in [5.74, 6) is 0.751. The number of carbonyl (C=O) groups excluding carboxylic acids is 1. The average molecular weight is 352 g/mol. The van der Waals surface area contributed by atoms with Crippen molar-refractivity contribution < 1.29 is 9.53 Å². The second kappa shape index (κ2) is 7.03. The minimum absolute atomic E-state index is 0.0635. The average Bonchev–Trinajstić information content (AvgIpc) is 2.66. The standard InChI is InChI=1S/C20H24N4O2/c1-14-11-15(2)22-20(21-14)24-9-10-26-18(13-24)19(25)23-8-7-16-5-3-4-6-17(16)12-23/h3-6,11,18H,7-10,12-13H2,1-2H3. The lowest BCUT2D eigenvalue weighted by Gasteiger charge is -2.36. The zero-order valence-corrected chi connectivity index (χ0v) is 15.3. The van der Waals surface area contributed by atoms with E-state index >= 15 is 0 Å². The van der Waals surface area contributed by atoms with E-state index in [4.69, 9.17) is 4.74 Å². The third-order valence-electron chi connectivity index (χ3n) is 5.04. The maximum atomic E-state index is 13.0. The van der Waals surface area contributed by atoms with Gasteiger partial charge < -0.3 is 14.5 Å². The van der Waals surface area contributed by atoms with Crippen LogP contribution in [0.3, 0.4) is 0 Å². The van der Waals surface area contributed by atoms with Gasteiger partial charge in [-0.15, -0.1) is 0 Å². The first kappa shape index (κ1) is 17.0. The van der Waals surface area contributed by atoms with E-state index in [1.165, 1.54) is 11.1 Å². The Bertz CT molecular complexity index is 803. The molecule has 2 aliphatic rings. The number of hydrogen-bond donors (Lipinski definition) is 0. The molecule has 0 aliphatic carbocycles. The predicted octanol–water partition coefficient (Wildman–Crippen LogP) is 1.88. The first-order chi connectivity index (χ1) is 12.6. The van der Waals surface area contributed by atoms with E-state index in [1.54, 1.807) is 0 Å². The number of rotatable bonds is 2. The van der Waals surface area contributed by atoms with Crippen LogP contribution >= 0.6 is 0 Å². The molecule has 0 saturated carbocycles. The molecule has 0 radical (unpaired) electrons. The number of carbonyl (C=O) groups is 1. The summed E-state index contributed by atoms with van der Waals surface area (Å²) in [6, 6.07) is 10.3. The van der Waals surface area contributed by atoms with Crippen molar-refractivity contribution in [2.75, 3.05) is 31.1 Å². The molecule has 6 nitrogen and oxygen atoms in total. The highest BCUT2D eigenvalue weighted by Gasteiger charge is 2.32. The van der Waals surface area contributed by atoms with Crippen LogP contribution in [0.15, 0.2) is 30.3 Å². The monoisotopic (exact) mass is 352 g/mol. The molecule has 0 bridgehead atoms. The highest BCUT2D eigenvalue weighted by Crippen LogP contribution is 2.21. The summed E-state index contributed by atoms with van der Waals surface area (Å²) in [4.78, 5) is 26.0. The zero-order chi connectivity index (χ0) is 18.1. The molecule has 0 N–H and O–H groups in total. The summed E-state index contributed by atoms with van der Waals surface area (Å²) in [5.41, 5.74) is 4.45. The number of hydrogen-bond acceptors (Lipinski definition) is 5. The molecule has 1 aromatic carbocycles. The summed E-state index contributed by atoms with van der Waals surface area (Å²) in [5, 5.41) is 0. The molecular weight excluding hydrogens is 328 g/mol. The van der Waals surface area contributed by atoms with Crippen LogP contribution in [-0.2, 0) is 22.5 Å². The molecule has 2 aromatic rings. The van der Waals surface area contributed by atoms with Gasteiger partial charge in [-0.3, -0.25) is 4.79 Å². The summed E-state index contributed by atoms with van der Waals surface area (Å²) in [6.07, 6.45) is 0.442. The van der Waals surface area contributed by atoms with Crippen molar-refractivity contribution >= 4 is 11.9 Å². The van der Waals surface area contributed by atoms with Gasteiger partial charge in [-0.1, -0.05) is 24.3 Å². The lowest BCUT2D eigenvalue weighted by molar-refractivity contribution is -0.145. The second-order valence-corrected chi connectivity index (χ2v) is 7.03. The van der Waals surface area contributed by atoms with Crippen LogP contribution in [0.4, 0.5) is 5.95 Å². The molecule has 1 unspecified atom stereocenters. The third kappa shape index (κ3) is 3.42. The van der Waals surface area contributed by atoms with Crippen molar-refractivity contribution in [2.24, 2.45) is 0 Å². The van der Waals surface area contributed by atoms with Gasteiger partial charge in [0.05, 0.1) is 13.2 Å². The molecule has 0 spiro atoms. The molecule has 4 rings (SSSR count). The topological polar surface area (TPSA) is 58.6 Å². The van der Waals surface area contributed by atoms with Crippen LogP contribution < -0.4 is 4.90 Å². The largest absolute Gasteiger partial charge is 0.365 e. The van der Waals surface area contributed by atoms with Crippen molar-refractivity contribution in [1.82, 2.24) is 14.9 Å². The fraction of sp³-hybridized carbons (Fsp3) is 0.450. The number of ether oxygens (including phenoxy) is 1. The van der Waals surface area contributed by atoms with Crippen LogP contribution in [0.1, 0.15) is 22.5 Å². The number of nitrogens with zero attached hydrogens (tertiary/aromatic N) is 4. The molecule has 1 fully saturated rings. The molecule has 1 amide bonds. The number of aromatic nitrogens is 2. The SMILES string of the molecule is Cc1cc(C)nc(N2CCOC(C(=O)N3CCc4ccccc4C3)C2)n1. The molecule has 1 aromatic heterocycles. The van der Waals surface area contributed by atoms with E-state index in [9.17, 15) is 4.79 Å². The van der Waals surface area contributed by atoms with E-state index in [-0.39, 0.29) is 5.91 Å². The quantitative estimate of drug-likeness (QED) is 0.826. The van der Waals surface area contributed by atoms with E-state index in [0.29, 0.717) is 32.2 Å². The van der Waals surface area contributed by atoms with Crippen LogP contribution in [-0.4, -0.2) is 53.1 Å². The van der Waals surface area contributed by atoms with Gasteiger partial charge >= 0.3 is 0 Å². The highest BCUT2D eigenvalue weighted by molar-refractivity contribution is 5.82. The number of fused-ring (bicyclic) bond motifs is 1. The summed E-state index contributed by atoms with van der Waals surface area (Å²) < 4.78 is 5.80. The molecule has 26 heavy (non-hydrogen) atoms. The molecule has 1 atom stereocenters. The van der Waals surface area contributed by atoms with Crippen molar-refractivity contribution in [1.29, 1.82) is 0 Å². The summed E-state index contributed by atoms with van der Waals surface area (Å²) in [6.45, 7) is 7.05. The Kier molecular flexibility index (Phi) is 4.59. The van der Waals surface area contributed by atoms with E-state index in [0.717, 1.165) is 24.4 Å². The predicted molar refractivity (Wildman–Crippen MR) is 99.0 cm³/mol. The van der Waals surface area contributed by atoms with Crippen LogP contribution in [0.25, 0.3) is 0 Å². The van der Waals surface area contributed by atoms with Gasteiger partial charge in [0.25, 0.3) is 5.91 Å². The Hall–Kier alpha value is -2.47. The van der Waals surface area contributed by atoms with Gasteiger partial charge in [-0.05, 0) is 37.5 Å². The Morgan fingerprint density at radius 2 is 1.85 bits per heavy atom. The number of anilines is 1. The molecular formula is C20H24N4O2. The fourth-order valence-corrected chi connectivity index (χ4v) is 3.72. The zero-order valence-electron chi connectivity index (χ0n) is 15.3. The Balaban J connectivity index is 1.47. The van der Waals surface area contributed by atoms with Crippen molar-refractivity contribution in [3.8, 4) is 0 Å². The van der Waals surface area contributed by atoms with Gasteiger partial charge in [-0.2, -0.15) is 0 Å². The van der Waals surface area contributed by atoms with Crippen molar-refractivity contribution in [3.05, 3.63) is 52.8 Å². The summed E-state index contributed by atoms with van der Waals surface area (Å²) >= 11 is 0. The number of amides is 1. The Morgan fingerprint density at radius 3 is 2.62 bits per heavy atom. The van der Waals surface area contributed by atoms with Gasteiger partial charge in [-0.25, -0.2) is 9.97 Å². The maximum absolute atomic E-state index is 13.0. The molecule has 2 aliphatic heterocycles. The first-order valence-corrected chi connectivity index (χ1v) is 9.14. The second-order valence-electron chi connectivity index (χ2n) is 7.03. The van der Waals surface area contributed by atoms with Crippen LogP contribution in [0.2, 0.25) is 0 Å². The van der Waals surface area contributed by atoms with E-state index in [2.05, 4.69) is 33.1 Å². The molecule has 3 heterocycles. The summed E-state index contributed by atoms with van der Waals surface area (Å²) in [7, 11) is 0. The first-order valence-electron chi connectivity index (χ1n) is 9.14. The highest BCUT2D eigenvalue weighted by atomic mass is 16.5. The van der Waals surface area contributed by atoms with Gasteiger partial charge in [0.2, 0.25) is 5.95 Å².